The third kappa shape index (κ3) is 4.42. The number of hydrogen-bond acceptors (Lipinski definition) is 7. The zero-order valence-corrected chi connectivity index (χ0v) is 17.0. The van der Waals surface area contributed by atoms with Gasteiger partial charge in [-0.15, -0.1) is 0 Å². The number of amides is 2. The van der Waals surface area contributed by atoms with Gasteiger partial charge in [0.1, 0.15) is 5.82 Å². The number of nitro groups is 1. The topological polar surface area (TPSA) is 159 Å². The molecule has 0 saturated heterocycles. The Bertz CT molecular complexity index is 1310. The molecule has 0 fully saturated rings. The van der Waals surface area contributed by atoms with E-state index in [1.54, 1.807) is 24.3 Å². The summed E-state index contributed by atoms with van der Waals surface area (Å²) in [5.41, 5.74) is -0.105. The number of benzene rings is 2. The number of fused-ring (bicyclic) bond motifs is 1. The Morgan fingerprint density at radius 1 is 1.16 bits per heavy atom. The summed E-state index contributed by atoms with van der Waals surface area (Å²) in [7, 11) is 0. The molecule has 2 amide bonds. The Morgan fingerprint density at radius 2 is 1.91 bits per heavy atom. The molecule has 162 valence electrons. The summed E-state index contributed by atoms with van der Waals surface area (Å²) in [6.07, 6.45) is -0.278. The smallest absolute Gasteiger partial charge is 0.271 e. The van der Waals surface area contributed by atoms with Gasteiger partial charge in [0.05, 0.1) is 16.4 Å². The van der Waals surface area contributed by atoms with Gasteiger partial charge >= 0.3 is 0 Å². The molecule has 1 aliphatic rings. The van der Waals surface area contributed by atoms with E-state index >= 15 is 0 Å². The van der Waals surface area contributed by atoms with Crippen molar-refractivity contribution in [3.63, 3.8) is 0 Å². The number of carbonyl (C=O) groups is 2. The van der Waals surface area contributed by atoms with Crippen LogP contribution in [0.4, 0.5) is 28.8 Å². The summed E-state index contributed by atoms with van der Waals surface area (Å²) < 4.78 is 0. The lowest BCUT2D eigenvalue weighted by Gasteiger charge is -2.23. The van der Waals surface area contributed by atoms with Crippen LogP contribution in [0, 0.1) is 10.1 Å². The first kappa shape index (κ1) is 21.0. The molecule has 32 heavy (non-hydrogen) atoms. The molecule has 0 saturated carbocycles. The number of non-ortho nitro benzene ring substituents is 1. The molecule has 0 unspecified atom stereocenters. The maximum atomic E-state index is 12.9. The molecule has 3 aromatic rings. The van der Waals surface area contributed by atoms with E-state index in [1.807, 2.05) is 0 Å². The number of carbonyl (C=O) groups excluding carboxylic acids is 2. The largest absolute Gasteiger partial charge is 0.326 e. The van der Waals surface area contributed by atoms with Gasteiger partial charge in [-0.3, -0.25) is 29.5 Å². The first-order chi connectivity index (χ1) is 15.3. The number of aromatic nitrogens is 2. The van der Waals surface area contributed by atoms with Crippen LogP contribution in [0.15, 0.2) is 53.3 Å². The van der Waals surface area contributed by atoms with Gasteiger partial charge in [-0.25, -0.2) is 0 Å². The van der Waals surface area contributed by atoms with Crippen molar-refractivity contribution < 1.29 is 14.5 Å². The number of aromatic amines is 1. The second kappa shape index (κ2) is 8.47. The van der Waals surface area contributed by atoms with Crippen molar-refractivity contribution in [2.24, 2.45) is 0 Å². The highest BCUT2D eigenvalue weighted by Crippen LogP contribution is 2.30. The molecule has 1 atom stereocenters. The van der Waals surface area contributed by atoms with E-state index in [1.165, 1.54) is 24.3 Å². The third-order valence-corrected chi connectivity index (χ3v) is 4.91. The second-order valence-electron chi connectivity index (χ2n) is 6.91. The monoisotopic (exact) mass is 454 g/mol. The van der Waals surface area contributed by atoms with Gasteiger partial charge in [0, 0.05) is 35.0 Å². The second-order valence-corrected chi connectivity index (χ2v) is 7.35. The molecule has 4 N–H and O–H groups in total. The lowest BCUT2D eigenvalue weighted by molar-refractivity contribution is -0.384. The SMILES string of the molecule is O=C1C[C@@H](C(=O)Nc2cccc([N+](=O)[O-])c2)c2c(nc(Nc3cccc(Cl)c3)[nH]c2=O)N1. The number of hydrogen-bond donors (Lipinski definition) is 4. The Labute approximate surface area is 185 Å². The van der Waals surface area contributed by atoms with Crippen LogP contribution in [0.2, 0.25) is 5.02 Å². The number of nitrogens with one attached hydrogen (secondary N) is 4. The number of nitrogens with zero attached hydrogens (tertiary/aromatic N) is 2. The number of nitro benzene ring substituents is 1. The summed E-state index contributed by atoms with van der Waals surface area (Å²) in [5, 5.41) is 19.3. The van der Waals surface area contributed by atoms with E-state index < -0.39 is 28.2 Å². The summed E-state index contributed by atoms with van der Waals surface area (Å²) in [4.78, 5) is 54.9. The average molecular weight is 455 g/mol. The molecular formula is C20H15ClN6O5. The van der Waals surface area contributed by atoms with Crippen molar-refractivity contribution in [1.29, 1.82) is 0 Å². The van der Waals surface area contributed by atoms with Gasteiger partial charge in [-0.05, 0) is 24.3 Å². The van der Waals surface area contributed by atoms with E-state index in [4.69, 9.17) is 11.6 Å². The molecule has 12 heteroatoms. The molecule has 1 aliphatic heterocycles. The highest BCUT2D eigenvalue weighted by Gasteiger charge is 2.35. The minimum Gasteiger partial charge on any atom is -0.326 e. The fourth-order valence-corrected chi connectivity index (χ4v) is 3.47. The van der Waals surface area contributed by atoms with Crippen molar-refractivity contribution >= 4 is 52.2 Å². The van der Waals surface area contributed by atoms with Crippen LogP contribution in [0.1, 0.15) is 17.9 Å². The minimum absolute atomic E-state index is 0.0100. The molecule has 2 aromatic carbocycles. The van der Waals surface area contributed by atoms with Gasteiger partial charge in [0.15, 0.2) is 0 Å². The molecule has 11 nitrogen and oxygen atoms in total. The molecule has 2 heterocycles. The van der Waals surface area contributed by atoms with E-state index in [9.17, 15) is 24.5 Å². The molecule has 4 rings (SSSR count). The van der Waals surface area contributed by atoms with Crippen LogP contribution in [0.5, 0.6) is 0 Å². The number of H-pyrrole nitrogens is 1. The first-order valence-electron chi connectivity index (χ1n) is 9.32. The fraction of sp³-hybridized carbons (Fsp3) is 0.100. The van der Waals surface area contributed by atoms with Crippen LogP contribution in [-0.2, 0) is 9.59 Å². The van der Waals surface area contributed by atoms with Gasteiger partial charge in [0.2, 0.25) is 17.8 Å². The van der Waals surface area contributed by atoms with Gasteiger partial charge in [-0.1, -0.05) is 23.7 Å². The maximum Gasteiger partial charge on any atom is 0.271 e. The number of halogens is 1. The van der Waals surface area contributed by atoms with Gasteiger partial charge < -0.3 is 16.0 Å². The van der Waals surface area contributed by atoms with Gasteiger partial charge in [0.25, 0.3) is 11.2 Å². The lowest BCUT2D eigenvalue weighted by Crippen LogP contribution is -2.36. The average Bonchev–Trinajstić information content (AvgIpc) is 2.73. The quantitative estimate of drug-likeness (QED) is 0.340. The zero-order valence-electron chi connectivity index (χ0n) is 16.2. The Hall–Kier alpha value is -4.25. The predicted molar refractivity (Wildman–Crippen MR) is 117 cm³/mol. The van der Waals surface area contributed by atoms with Crippen molar-refractivity contribution in [3.05, 3.63) is 79.6 Å². The molecular weight excluding hydrogens is 440 g/mol. The highest BCUT2D eigenvalue weighted by molar-refractivity contribution is 6.30. The van der Waals surface area contributed by atoms with Crippen LogP contribution in [0.25, 0.3) is 0 Å². The molecule has 0 bridgehead atoms. The molecule has 0 radical (unpaired) electrons. The summed E-state index contributed by atoms with van der Waals surface area (Å²) in [6.45, 7) is 0. The summed E-state index contributed by atoms with van der Waals surface area (Å²) in [6, 6.07) is 12.1. The first-order valence-corrected chi connectivity index (χ1v) is 9.70. The van der Waals surface area contributed by atoms with Crippen LogP contribution in [-0.4, -0.2) is 26.7 Å². The molecule has 1 aromatic heterocycles. The van der Waals surface area contributed by atoms with Crippen molar-refractivity contribution in [2.75, 3.05) is 16.0 Å². The number of anilines is 4. The zero-order chi connectivity index (χ0) is 22.8. The Balaban J connectivity index is 1.63. The van der Waals surface area contributed by atoms with Crippen molar-refractivity contribution in [3.8, 4) is 0 Å². The fourth-order valence-electron chi connectivity index (χ4n) is 3.28. The molecule has 0 aliphatic carbocycles. The van der Waals surface area contributed by atoms with Gasteiger partial charge in [-0.2, -0.15) is 4.98 Å². The van der Waals surface area contributed by atoms with Crippen LogP contribution >= 0.6 is 11.6 Å². The predicted octanol–water partition coefficient (Wildman–Crippen LogP) is 3.14. The maximum absolute atomic E-state index is 12.9. The Morgan fingerprint density at radius 3 is 2.66 bits per heavy atom. The van der Waals surface area contributed by atoms with Crippen LogP contribution < -0.4 is 21.5 Å². The third-order valence-electron chi connectivity index (χ3n) is 4.68. The minimum atomic E-state index is -1.13. The van der Waals surface area contributed by atoms with E-state index in [-0.39, 0.29) is 35.1 Å². The number of rotatable bonds is 5. The Kier molecular flexibility index (Phi) is 5.56. The highest BCUT2D eigenvalue weighted by atomic mass is 35.5. The normalized spacial score (nSPS) is 14.8. The van der Waals surface area contributed by atoms with Crippen molar-refractivity contribution in [1.82, 2.24) is 9.97 Å². The summed E-state index contributed by atoms with van der Waals surface area (Å²) in [5.74, 6) is -2.28. The lowest BCUT2D eigenvalue weighted by atomic mass is 9.92. The van der Waals surface area contributed by atoms with Crippen molar-refractivity contribution in [2.45, 2.75) is 12.3 Å². The standard InChI is InChI=1S/C20H15ClN6O5/c21-10-3-1-4-11(7-10)23-20-25-17-16(19(30)26-20)14(9-15(28)24-17)18(29)22-12-5-2-6-13(8-12)27(31)32/h1-8,14H,9H2,(H,22,29)(H3,23,24,25,26,28,30)/t14-/m1/s1. The summed E-state index contributed by atoms with van der Waals surface area (Å²) >= 11 is 5.95. The van der Waals surface area contributed by atoms with E-state index in [2.05, 4.69) is 25.9 Å². The molecule has 0 spiro atoms. The van der Waals surface area contributed by atoms with Crippen LogP contribution in [0.3, 0.4) is 0 Å². The van der Waals surface area contributed by atoms with E-state index in [0.717, 1.165) is 0 Å². The van der Waals surface area contributed by atoms with E-state index in [0.29, 0.717) is 10.7 Å².